The van der Waals surface area contributed by atoms with Crippen LogP contribution in [-0.2, 0) is 28.3 Å². The number of aromatic nitrogens is 1. The van der Waals surface area contributed by atoms with Crippen LogP contribution in [0.5, 0.6) is 0 Å². The van der Waals surface area contributed by atoms with E-state index in [2.05, 4.69) is 5.32 Å². The van der Waals surface area contributed by atoms with Crippen LogP contribution < -0.4 is 11.1 Å². The Morgan fingerprint density at radius 1 is 1.19 bits per heavy atom. The monoisotopic (exact) mass is 457 g/mol. The van der Waals surface area contributed by atoms with Crippen LogP contribution in [0.3, 0.4) is 0 Å². The Balaban J connectivity index is 1.41. The van der Waals surface area contributed by atoms with Gasteiger partial charge in [-0.2, -0.15) is 4.31 Å². The summed E-state index contributed by atoms with van der Waals surface area (Å²) >= 11 is 0. The van der Waals surface area contributed by atoms with Crippen molar-refractivity contribution >= 4 is 27.0 Å². The normalized spacial score (nSPS) is 17.5. The van der Waals surface area contributed by atoms with Crippen LogP contribution in [0.2, 0.25) is 0 Å². The molecule has 32 heavy (non-hydrogen) atoms. The lowest BCUT2D eigenvalue weighted by molar-refractivity contribution is -0.126. The van der Waals surface area contributed by atoms with Gasteiger partial charge in [-0.3, -0.25) is 9.36 Å². The van der Waals surface area contributed by atoms with Gasteiger partial charge in [-0.25, -0.2) is 13.2 Å². The van der Waals surface area contributed by atoms with Crippen LogP contribution in [0.1, 0.15) is 24.0 Å². The minimum atomic E-state index is -3.81. The number of benzene rings is 2. The number of amides is 1. The molecule has 0 unspecified atom stereocenters. The summed E-state index contributed by atoms with van der Waals surface area (Å²) < 4.78 is 34.2. The van der Waals surface area contributed by atoms with Crippen molar-refractivity contribution in [1.82, 2.24) is 14.2 Å². The van der Waals surface area contributed by atoms with Gasteiger partial charge in [0.15, 0.2) is 5.58 Å². The quantitative estimate of drug-likeness (QED) is 0.612. The standard InChI is InChI=1S/C23H27N3O5S/c1-16-5-7-17(8-6-16)11-12-24-22(27)18-4-3-13-26(15-18)32(29,30)19-9-10-20-21(14-19)31-23(28)25(20)2/h5-10,14,18H,3-4,11-13,15H2,1-2H3,(H,24,27)/t18-/m0/s1. The highest BCUT2D eigenvalue weighted by atomic mass is 32.2. The number of sulfonamides is 1. The van der Waals surface area contributed by atoms with Crippen molar-refractivity contribution in [2.75, 3.05) is 19.6 Å². The molecule has 1 atom stereocenters. The fraction of sp³-hybridized carbons (Fsp3) is 0.391. The smallest absolute Gasteiger partial charge is 0.408 e. The van der Waals surface area contributed by atoms with E-state index in [9.17, 15) is 18.0 Å². The van der Waals surface area contributed by atoms with Gasteiger partial charge in [-0.1, -0.05) is 29.8 Å². The van der Waals surface area contributed by atoms with Crippen molar-refractivity contribution in [1.29, 1.82) is 0 Å². The number of nitrogens with zero attached hydrogens (tertiary/aromatic N) is 2. The number of rotatable bonds is 6. The van der Waals surface area contributed by atoms with Crippen LogP contribution in [-0.4, -0.2) is 42.8 Å². The molecule has 8 nitrogen and oxygen atoms in total. The Labute approximate surface area is 186 Å². The van der Waals surface area contributed by atoms with E-state index in [0.29, 0.717) is 31.4 Å². The molecular formula is C23H27N3O5S. The predicted molar refractivity (Wildman–Crippen MR) is 121 cm³/mol. The first-order chi connectivity index (χ1) is 15.3. The van der Waals surface area contributed by atoms with Crippen LogP contribution in [0.25, 0.3) is 11.1 Å². The molecule has 3 aromatic rings. The first-order valence-corrected chi connectivity index (χ1v) is 12.1. The summed E-state index contributed by atoms with van der Waals surface area (Å²) in [4.78, 5) is 24.4. The Hall–Kier alpha value is -2.91. The topological polar surface area (TPSA) is 102 Å². The zero-order valence-electron chi connectivity index (χ0n) is 18.2. The maximum absolute atomic E-state index is 13.2. The molecule has 1 fully saturated rings. The summed E-state index contributed by atoms with van der Waals surface area (Å²) in [6.45, 7) is 3.03. The molecule has 1 aromatic heterocycles. The summed E-state index contributed by atoms with van der Waals surface area (Å²) in [5, 5.41) is 2.95. The van der Waals surface area contributed by atoms with Gasteiger partial charge in [0.05, 0.1) is 16.3 Å². The average molecular weight is 458 g/mol. The molecule has 0 saturated carbocycles. The number of hydrogen-bond donors (Lipinski definition) is 1. The molecule has 9 heteroatoms. The maximum atomic E-state index is 13.2. The molecule has 0 aliphatic carbocycles. The number of fused-ring (bicyclic) bond motifs is 1. The number of oxazole rings is 1. The summed E-state index contributed by atoms with van der Waals surface area (Å²) in [5.74, 6) is -1.06. The molecule has 1 amide bonds. The molecule has 2 heterocycles. The summed E-state index contributed by atoms with van der Waals surface area (Å²) in [6, 6.07) is 12.6. The van der Waals surface area contributed by atoms with Crippen molar-refractivity contribution in [3.05, 3.63) is 64.1 Å². The molecule has 0 bridgehead atoms. The third-order valence-corrected chi connectivity index (χ3v) is 7.85. The lowest BCUT2D eigenvalue weighted by atomic mass is 9.98. The van der Waals surface area contributed by atoms with Crippen molar-refractivity contribution in [3.8, 4) is 0 Å². The van der Waals surface area contributed by atoms with Gasteiger partial charge in [0.2, 0.25) is 15.9 Å². The van der Waals surface area contributed by atoms with E-state index in [1.807, 2.05) is 31.2 Å². The molecule has 2 aromatic carbocycles. The van der Waals surface area contributed by atoms with Gasteiger partial charge in [0.1, 0.15) is 0 Å². The Kier molecular flexibility index (Phi) is 6.21. The van der Waals surface area contributed by atoms with E-state index < -0.39 is 21.7 Å². The SMILES string of the molecule is Cc1ccc(CCNC(=O)[C@H]2CCCN(S(=O)(=O)c3ccc4c(c3)oc(=O)n4C)C2)cc1. The highest BCUT2D eigenvalue weighted by Gasteiger charge is 2.33. The van der Waals surface area contributed by atoms with Crippen LogP contribution in [0.15, 0.2) is 56.6 Å². The highest BCUT2D eigenvalue weighted by molar-refractivity contribution is 7.89. The van der Waals surface area contributed by atoms with Crippen LogP contribution >= 0.6 is 0 Å². The molecule has 170 valence electrons. The van der Waals surface area contributed by atoms with E-state index in [4.69, 9.17) is 4.42 Å². The molecule has 1 aliphatic heterocycles. The second kappa shape index (κ2) is 8.91. The average Bonchev–Trinajstić information content (AvgIpc) is 3.08. The summed E-state index contributed by atoms with van der Waals surface area (Å²) in [7, 11) is -2.24. The van der Waals surface area contributed by atoms with Crippen LogP contribution in [0.4, 0.5) is 0 Å². The summed E-state index contributed by atoms with van der Waals surface area (Å²) in [5.41, 5.74) is 3.08. The van der Waals surface area contributed by atoms with Gasteiger partial charge >= 0.3 is 5.76 Å². The minimum absolute atomic E-state index is 0.0554. The van der Waals surface area contributed by atoms with E-state index in [1.165, 1.54) is 26.6 Å². The molecule has 1 saturated heterocycles. The Morgan fingerprint density at radius 3 is 2.69 bits per heavy atom. The van der Waals surface area contributed by atoms with Gasteiger partial charge in [-0.15, -0.1) is 0 Å². The van der Waals surface area contributed by atoms with Crippen molar-refractivity contribution in [2.24, 2.45) is 13.0 Å². The van der Waals surface area contributed by atoms with Crippen LogP contribution in [0, 0.1) is 12.8 Å². The van der Waals surface area contributed by atoms with E-state index in [1.54, 1.807) is 13.1 Å². The van der Waals surface area contributed by atoms with Gasteiger partial charge in [0.25, 0.3) is 0 Å². The second-order valence-corrected chi connectivity index (χ2v) is 10.2. The molecule has 0 spiro atoms. The van der Waals surface area contributed by atoms with Crippen molar-refractivity contribution < 1.29 is 17.6 Å². The zero-order chi connectivity index (χ0) is 22.9. The Morgan fingerprint density at radius 2 is 1.94 bits per heavy atom. The number of carbonyl (C=O) groups is 1. The molecular weight excluding hydrogens is 430 g/mol. The summed E-state index contributed by atoms with van der Waals surface area (Å²) in [6.07, 6.45) is 1.98. The largest absolute Gasteiger partial charge is 0.419 e. The number of carbonyl (C=O) groups excluding carboxylic acids is 1. The Bertz CT molecular complexity index is 1290. The first kappa shape index (κ1) is 22.3. The minimum Gasteiger partial charge on any atom is -0.408 e. The van der Waals surface area contributed by atoms with Crippen molar-refractivity contribution in [2.45, 2.75) is 31.1 Å². The van der Waals surface area contributed by atoms with E-state index in [-0.39, 0.29) is 22.9 Å². The first-order valence-electron chi connectivity index (χ1n) is 10.7. The number of nitrogens with one attached hydrogen (secondary N) is 1. The highest BCUT2D eigenvalue weighted by Crippen LogP contribution is 2.26. The zero-order valence-corrected chi connectivity index (χ0v) is 19.0. The second-order valence-electron chi connectivity index (χ2n) is 8.29. The number of hydrogen-bond acceptors (Lipinski definition) is 5. The predicted octanol–water partition coefficient (Wildman–Crippen LogP) is 2.20. The lowest BCUT2D eigenvalue weighted by Gasteiger charge is -2.31. The fourth-order valence-corrected chi connectivity index (χ4v) is 5.57. The molecule has 1 aliphatic rings. The van der Waals surface area contributed by atoms with Crippen molar-refractivity contribution in [3.63, 3.8) is 0 Å². The molecule has 0 radical (unpaired) electrons. The van der Waals surface area contributed by atoms with Gasteiger partial charge in [-0.05, 0) is 43.9 Å². The number of piperidine rings is 1. The van der Waals surface area contributed by atoms with E-state index >= 15 is 0 Å². The molecule has 4 rings (SSSR count). The lowest BCUT2D eigenvalue weighted by Crippen LogP contribution is -2.45. The maximum Gasteiger partial charge on any atom is 0.419 e. The number of aryl methyl sites for hydroxylation is 2. The third kappa shape index (κ3) is 4.49. The molecule has 1 N–H and O–H groups in total. The van der Waals surface area contributed by atoms with E-state index in [0.717, 1.165) is 12.0 Å². The van der Waals surface area contributed by atoms with Gasteiger partial charge in [0, 0.05) is 32.7 Å². The van der Waals surface area contributed by atoms with Gasteiger partial charge < -0.3 is 9.73 Å². The third-order valence-electron chi connectivity index (χ3n) is 5.99. The fourth-order valence-electron chi connectivity index (χ4n) is 4.03.